The Bertz CT molecular complexity index is 627. The molecule has 20 heavy (non-hydrogen) atoms. The van der Waals surface area contributed by atoms with Gasteiger partial charge < -0.3 is 5.32 Å². The van der Waals surface area contributed by atoms with E-state index >= 15 is 0 Å². The van der Waals surface area contributed by atoms with Crippen molar-refractivity contribution in [2.45, 2.75) is 32.0 Å². The summed E-state index contributed by atoms with van der Waals surface area (Å²) < 4.78 is 40.1. The molecule has 0 aliphatic heterocycles. The van der Waals surface area contributed by atoms with Crippen LogP contribution in [0.5, 0.6) is 0 Å². The van der Waals surface area contributed by atoms with Crippen LogP contribution in [0, 0.1) is 6.92 Å². The Morgan fingerprint density at radius 1 is 1.30 bits per heavy atom. The van der Waals surface area contributed by atoms with Crippen molar-refractivity contribution in [1.29, 1.82) is 0 Å². The fourth-order valence-corrected chi connectivity index (χ4v) is 2.06. The summed E-state index contributed by atoms with van der Waals surface area (Å²) in [4.78, 5) is 4.18. The van der Waals surface area contributed by atoms with Crippen molar-refractivity contribution in [3.8, 4) is 5.69 Å². The Labute approximate surface area is 114 Å². The van der Waals surface area contributed by atoms with Crippen LogP contribution < -0.4 is 5.32 Å². The third-order valence-electron chi connectivity index (χ3n) is 3.35. The lowest BCUT2D eigenvalue weighted by Crippen LogP contribution is -2.10. The summed E-state index contributed by atoms with van der Waals surface area (Å²) in [7, 11) is 0. The van der Waals surface area contributed by atoms with E-state index < -0.39 is 11.7 Å². The number of anilines is 1. The van der Waals surface area contributed by atoms with E-state index in [1.165, 1.54) is 6.07 Å². The molecule has 1 saturated carbocycles. The molecule has 1 N–H and O–H groups in total. The third-order valence-corrected chi connectivity index (χ3v) is 3.35. The zero-order valence-electron chi connectivity index (χ0n) is 10.9. The summed E-state index contributed by atoms with van der Waals surface area (Å²) in [5, 5.41) is 3.22. The topological polar surface area (TPSA) is 29.9 Å². The average Bonchev–Trinajstić information content (AvgIpc) is 3.06. The molecule has 0 bridgehead atoms. The second-order valence-electron chi connectivity index (χ2n) is 5.04. The van der Waals surface area contributed by atoms with Crippen LogP contribution in [0.4, 0.5) is 19.1 Å². The number of aromatic nitrogens is 2. The van der Waals surface area contributed by atoms with Crippen molar-refractivity contribution in [3.05, 3.63) is 41.7 Å². The van der Waals surface area contributed by atoms with E-state index in [4.69, 9.17) is 0 Å². The van der Waals surface area contributed by atoms with Crippen LogP contribution in [0.2, 0.25) is 0 Å². The van der Waals surface area contributed by atoms with Gasteiger partial charge in [0, 0.05) is 18.4 Å². The molecule has 0 saturated heterocycles. The lowest BCUT2D eigenvalue weighted by atomic mass is 10.1. The van der Waals surface area contributed by atoms with Gasteiger partial charge in [-0.05, 0) is 37.5 Å². The van der Waals surface area contributed by atoms with Crippen LogP contribution in [-0.2, 0) is 6.18 Å². The number of hydrogen-bond acceptors (Lipinski definition) is 2. The Morgan fingerprint density at radius 2 is 2.05 bits per heavy atom. The van der Waals surface area contributed by atoms with E-state index in [-0.39, 0.29) is 0 Å². The molecule has 3 rings (SSSR count). The molecule has 0 unspecified atom stereocenters. The number of nitrogens with zero attached hydrogens (tertiary/aromatic N) is 2. The second kappa shape index (κ2) is 4.54. The van der Waals surface area contributed by atoms with Gasteiger partial charge in [0.05, 0.1) is 11.3 Å². The van der Waals surface area contributed by atoms with Crippen molar-refractivity contribution in [3.63, 3.8) is 0 Å². The lowest BCUT2D eigenvalue weighted by Gasteiger charge is -2.14. The molecule has 1 heterocycles. The van der Waals surface area contributed by atoms with Gasteiger partial charge in [0.2, 0.25) is 5.95 Å². The van der Waals surface area contributed by atoms with Crippen molar-refractivity contribution in [2.24, 2.45) is 0 Å². The molecular weight excluding hydrogens is 267 g/mol. The maximum atomic E-state index is 12.8. The van der Waals surface area contributed by atoms with Crippen molar-refractivity contribution >= 4 is 5.95 Å². The standard InChI is InChI=1S/C14H14F3N3/c1-9-2-3-10(14(15,16)17)8-12(9)20-7-6-18-13(20)19-11-4-5-11/h2-3,6-8,11H,4-5H2,1H3,(H,18,19). The minimum absolute atomic E-state index is 0.391. The minimum atomic E-state index is -4.34. The van der Waals surface area contributed by atoms with Crippen LogP contribution in [0.3, 0.4) is 0 Å². The van der Waals surface area contributed by atoms with E-state index in [2.05, 4.69) is 10.3 Å². The van der Waals surface area contributed by atoms with Gasteiger partial charge in [0.15, 0.2) is 0 Å². The Hall–Kier alpha value is -1.98. The maximum absolute atomic E-state index is 12.8. The smallest absolute Gasteiger partial charge is 0.353 e. The Balaban J connectivity index is 2.02. The van der Waals surface area contributed by atoms with Gasteiger partial charge in [-0.2, -0.15) is 13.2 Å². The fraction of sp³-hybridized carbons (Fsp3) is 0.357. The molecule has 0 radical (unpaired) electrons. The van der Waals surface area contributed by atoms with Gasteiger partial charge in [0.25, 0.3) is 0 Å². The third kappa shape index (κ3) is 2.50. The van der Waals surface area contributed by atoms with Gasteiger partial charge >= 0.3 is 6.18 Å². The summed E-state index contributed by atoms with van der Waals surface area (Å²) in [6.45, 7) is 1.79. The predicted molar refractivity (Wildman–Crippen MR) is 69.9 cm³/mol. The summed E-state index contributed by atoms with van der Waals surface area (Å²) in [6, 6.07) is 4.14. The van der Waals surface area contributed by atoms with Gasteiger partial charge in [0.1, 0.15) is 0 Å². The monoisotopic (exact) mass is 281 g/mol. The van der Waals surface area contributed by atoms with Gasteiger partial charge in [-0.15, -0.1) is 0 Å². The normalized spacial score (nSPS) is 15.4. The van der Waals surface area contributed by atoms with E-state index in [1.54, 1.807) is 23.9 Å². The van der Waals surface area contributed by atoms with Crippen LogP contribution in [0.1, 0.15) is 24.0 Å². The summed E-state index contributed by atoms with van der Waals surface area (Å²) in [5.74, 6) is 0.593. The van der Waals surface area contributed by atoms with Crippen LogP contribution in [-0.4, -0.2) is 15.6 Å². The zero-order chi connectivity index (χ0) is 14.3. The molecule has 3 nitrogen and oxygen atoms in total. The van der Waals surface area contributed by atoms with Crippen LogP contribution >= 0.6 is 0 Å². The number of benzene rings is 1. The molecule has 2 aromatic rings. The Kier molecular flexibility index (Phi) is 2.96. The van der Waals surface area contributed by atoms with Crippen LogP contribution in [0.25, 0.3) is 5.69 Å². The largest absolute Gasteiger partial charge is 0.416 e. The summed E-state index contributed by atoms with van der Waals surface area (Å²) in [6.07, 6.45) is 1.08. The first-order chi connectivity index (χ1) is 9.45. The molecule has 0 amide bonds. The first-order valence-electron chi connectivity index (χ1n) is 6.43. The molecule has 1 fully saturated rings. The molecule has 0 spiro atoms. The molecule has 1 aliphatic carbocycles. The fourth-order valence-electron chi connectivity index (χ4n) is 2.06. The van der Waals surface area contributed by atoms with Gasteiger partial charge in [-0.3, -0.25) is 4.57 Å². The highest BCUT2D eigenvalue weighted by Gasteiger charge is 2.31. The molecule has 106 valence electrons. The first kappa shape index (κ1) is 13.0. The Morgan fingerprint density at radius 3 is 2.70 bits per heavy atom. The number of aryl methyl sites for hydroxylation is 1. The minimum Gasteiger partial charge on any atom is -0.353 e. The van der Waals surface area contributed by atoms with Crippen LogP contribution in [0.15, 0.2) is 30.6 Å². The maximum Gasteiger partial charge on any atom is 0.416 e. The SMILES string of the molecule is Cc1ccc(C(F)(F)F)cc1-n1ccnc1NC1CC1. The van der Waals surface area contributed by atoms with E-state index in [9.17, 15) is 13.2 Å². The van der Waals surface area contributed by atoms with E-state index in [0.29, 0.717) is 17.7 Å². The highest BCUT2D eigenvalue weighted by atomic mass is 19.4. The molecule has 6 heteroatoms. The highest BCUT2D eigenvalue weighted by molar-refractivity contribution is 5.49. The predicted octanol–water partition coefficient (Wildman–Crippen LogP) is 3.77. The quantitative estimate of drug-likeness (QED) is 0.928. The first-order valence-corrected chi connectivity index (χ1v) is 6.43. The molecule has 0 atom stereocenters. The average molecular weight is 281 g/mol. The zero-order valence-corrected chi connectivity index (χ0v) is 10.9. The van der Waals surface area contributed by atoms with Crippen molar-refractivity contribution in [2.75, 3.05) is 5.32 Å². The number of hydrogen-bond donors (Lipinski definition) is 1. The summed E-state index contributed by atoms with van der Waals surface area (Å²) in [5.41, 5.74) is 0.625. The number of rotatable bonds is 3. The molecule has 1 aliphatic rings. The number of imidazole rings is 1. The summed E-state index contributed by atoms with van der Waals surface area (Å²) >= 11 is 0. The van der Waals surface area contributed by atoms with Crippen molar-refractivity contribution < 1.29 is 13.2 Å². The molecule has 1 aromatic carbocycles. The molecular formula is C14H14F3N3. The number of halogens is 3. The number of nitrogens with one attached hydrogen (secondary N) is 1. The lowest BCUT2D eigenvalue weighted by molar-refractivity contribution is -0.137. The van der Waals surface area contributed by atoms with Gasteiger partial charge in [-0.25, -0.2) is 4.98 Å². The van der Waals surface area contributed by atoms with E-state index in [1.807, 2.05) is 0 Å². The van der Waals surface area contributed by atoms with E-state index in [0.717, 1.165) is 30.5 Å². The number of alkyl halides is 3. The van der Waals surface area contributed by atoms with Gasteiger partial charge in [-0.1, -0.05) is 6.07 Å². The highest BCUT2D eigenvalue weighted by Crippen LogP contribution is 2.32. The van der Waals surface area contributed by atoms with Crippen molar-refractivity contribution in [1.82, 2.24) is 9.55 Å². The second-order valence-corrected chi connectivity index (χ2v) is 5.04. The molecule has 1 aromatic heterocycles.